The maximum atomic E-state index is 13.0. The van der Waals surface area contributed by atoms with Crippen molar-refractivity contribution in [2.24, 2.45) is 0 Å². The lowest BCUT2D eigenvalue weighted by atomic mass is 10.1. The zero-order chi connectivity index (χ0) is 28.0. The maximum absolute atomic E-state index is 13.0. The molecule has 1 aliphatic rings. The average Bonchev–Trinajstić information content (AvgIpc) is 3.26. The van der Waals surface area contributed by atoms with Gasteiger partial charge in [-0.1, -0.05) is 12.8 Å². The molecule has 1 saturated heterocycles. The van der Waals surface area contributed by atoms with E-state index in [0.29, 0.717) is 34.1 Å². The first kappa shape index (κ1) is 29.3. The number of aryl methyl sites for hydroxylation is 1. The van der Waals surface area contributed by atoms with Crippen LogP contribution >= 0.6 is 0 Å². The largest absolute Gasteiger partial charge is 0.394 e. The molecular weight excluding hydrogens is 490 g/mol. The first-order valence-electron chi connectivity index (χ1n) is 12.9. The fourth-order valence-electron chi connectivity index (χ4n) is 4.62. The number of rotatable bonds is 11. The third-order valence-electron chi connectivity index (χ3n) is 6.76. The molecule has 0 unspecified atom stereocenters. The molecule has 0 radical (unpaired) electrons. The summed E-state index contributed by atoms with van der Waals surface area (Å²) in [6.45, 7) is 2.00. The summed E-state index contributed by atoms with van der Waals surface area (Å²) in [6.07, 6.45) is 2.12. The zero-order valence-electron chi connectivity index (χ0n) is 22.5. The second-order valence-corrected chi connectivity index (χ2v) is 10.6. The molecule has 11 nitrogen and oxygen atoms in total. The monoisotopic (exact) mass is 528 g/mol. The topological polar surface area (TPSA) is 147 Å². The van der Waals surface area contributed by atoms with Gasteiger partial charge in [0.2, 0.25) is 0 Å². The molecule has 1 aromatic heterocycles. The molecule has 3 N–H and O–H groups in total. The molecule has 1 fully saturated rings. The number of hydrogen-bond acceptors (Lipinski definition) is 7. The van der Waals surface area contributed by atoms with Crippen LogP contribution in [0, 0.1) is 18.3 Å². The third-order valence-corrected chi connectivity index (χ3v) is 6.76. The van der Waals surface area contributed by atoms with Gasteiger partial charge in [0, 0.05) is 42.9 Å². The van der Waals surface area contributed by atoms with E-state index in [-0.39, 0.29) is 31.0 Å². The highest BCUT2D eigenvalue weighted by Gasteiger charge is 2.35. The lowest BCUT2D eigenvalue weighted by Crippen LogP contribution is -2.42. The summed E-state index contributed by atoms with van der Waals surface area (Å²) in [5.41, 5.74) is 1.29. The number of carbonyl (C=O) groups is 1. The number of aliphatic hydroxyl groups is 2. The van der Waals surface area contributed by atoms with Gasteiger partial charge in [0.1, 0.15) is 29.7 Å². The Hall–Kier alpha value is -3.30. The van der Waals surface area contributed by atoms with Crippen molar-refractivity contribution in [3.63, 3.8) is 0 Å². The average molecular weight is 529 g/mol. The predicted octanol–water partition coefficient (Wildman–Crippen LogP) is 1.02. The number of amides is 1. The van der Waals surface area contributed by atoms with Crippen LogP contribution in [0.4, 0.5) is 5.69 Å². The number of nitriles is 1. The van der Waals surface area contributed by atoms with Crippen LogP contribution in [0.25, 0.3) is 0 Å². The first-order chi connectivity index (χ1) is 18.0. The molecule has 0 spiro atoms. The van der Waals surface area contributed by atoms with Gasteiger partial charge in [-0.3, -0.25) is 23.2 Å². The van der Waals surface area contributed by atoms with Crippen LogP contribution < -0.4 is 21.0 Å². The van der Waals surface area contributed by atoms with Crippen molar-refractivity contribution in [2.75, 3.05) is 34.3 Å². The number of quaternary nitrogens is 1. The van der Waals surface area contributed by atoms with Gasteiger partial charge >= 0.3 is 5.69 Å². The minimum Gasteiger partial charge on any atom is -0.394 e. The standard InChI is InChI=1S/C27H37N5O6/c1-18-16-31(24-14-22(34)23(17-33)38-24)27(37)30(26(18)36)12-8-6-5-7-11-29-25(35)19-9-10-21(32(2,3)4)20(13-19)15-28/h9-10,13,16,22-24,33-34H,5-8,11-12,14,17H2,1-4H3/p+1/t22-,23+,24+/m0/s1. The van der Waals surface area contributed by atoms with E-state index in [1.54, 1.807) is 25.1 Å². The van der Waals surface area contributed by atoms with Gasteiger partial charge in [-0.2, -0.15) is 5.26 Å². The van der Waals surface area contributed by atoms with E-state index in [0.717, 1.165) is 24.9 Å². The van der Waals surface area contributed by atoms with Gasteiger partial charge in [0.25, 0.3) is 11.5 Å². The summed E-state index contributed by atoms with van der Waals surface area (Å²) in [7, 11) is 5.89. The number of ether oxygens (including phenoxy) is 1. The number of aliphatic hydroxyl groups excluding tert-OH is 2. The van der Waals surface area contributed by atoms with Crippen molar-refractivity contribution in [1.82, 2.24) is 18.9 Å². The Bertz CT molecular complexity index is 1300. The van der Waals surface area contributed by atoms with Gasteiger partial charge in [-0.15, -0.1) is 0 Å². The van der Waals surface area contributed by atoms with E-state index in [1.807, 2.05) is 21.1 Å². The van der Waals surface area contributed by atoms with Crippen LogP contribution in [0.5, 0.6) is 0 Å². The Morgan fingerprint density at radius 1 is 1.21 bits per heavy atom. The third kappa shape index (κ3) is 6.76. The van der Waals surface area contributed by atoms with Gasteiger partial charge in [0.15, 0.2) is 0 Å². The fraction of sp³-hybridized carbons (Fsp3) is 0.556. The zero-order valence-corrected chi connectivity index (χ0v) is 22.5. The number of unbranched alkanes of at least 4 members (excludes halogenated alkanes) is 3. The Morgan fingerprint density at radius 2 is 1.92 bits per heavy atom. The summed E-state index contributed by atoms with van der Waals surface area (Å²) >= 11 is 0. The van der Waals surface area contributed by atoms with Crippen LogP contribution in [0.3, 0.4) is 0 Å². The van der Waals surface area contributed by atoms with Crippen molar-refractivity contribution < 1.29 is 19.7 Å². The van der Waals surface area contributed by atoms with Gasteiger partial charge < -0.3 is 20.3 Å². The number of nitrogens with one attached hydrogen (secondary N) is 1. The number of hydrogen-bond donors (Lipinski definition) is 3. The van der Waals surface area contributed by atoms with Crippen molar-refractivity contribution in [1.29, 1.82) is 5.26 Å². The lowest BCUT2D eigenvalue weighted by molar-refractivity contribution is -0.0464. The Kier molecular flexibility index (Phi) is 9.62. The Labute approximate surface area is 222 Å². The van der Waals surface area contributed by atoms with E-state index in [4.69, 9.17) is 4.74 Å². The van der Waals surface area contributed by atoms with Gasteiger partial charge in [-0.25, -0.2) is 4.79 Å². The molecule has 206 valence electrons. The molecule has 1 aromatic carbocycles. The quantitative estimate of drug-likeness (QED) is 0.291. The van der Waals surface area contributed by atoms with Crippen LogP contribution in [-0.4, -0.2) is 71.8 Å². The van der Waals surface area contributed by atoms with Crippen molar-refractivity contribution in [3.8, 4) is 6.07 Å². The molecule has 1 amide bonds. The molecule has 0 aliphatic carbocycles. The highest BCUT2D eigenvalue weighted by Crippen LogP contribution is 2.27. The smallest absolute Gasteiger partial charge is 0.333 e. The number of aromatic nitrogens is 2. The summed E-state index contributed by atoms with van der Waals surface area (Å²) in [6, 6.07) is 7.31. The van der Waals surface area contributed by atoms with Crippen LogP contribution in [0.1, 0.15) is 59.8 Å². The van der Waals surface area contributed by atoms with Gasteiger partial charge in [0.05, 0.1) is 33.9 Å². The molecule has 2 heterocycles. The number of nitrogens with zero attached hydrogens (tertiary/aromatic N) is 4. The molecule has 2 aromatic rings. The lowest BCUT2D eigenvalue weighted by Gasteiger charge is -2.24. The highest BCUT2D eigenvalue weighted by molar-refractivity contribution is 5.95. The van der Waals surface area contributed by atoms with Crippen molar-refractivity contribution in [2.45, 2.75) is 64.0 Å². The van der Waals surface area contributed by atoms with E-state index in [2.05, 4.69) is 11.4 Å². The van der Waals surface area contributed by atoms with Crippen molar-refractivity contribution in [3.05, 3.63) is 61.9 Å². The highest BCUT2D eigenvalue weighted by atomic mass is 16.5. The van der Waals surface area contributed by atoms with Crippen molar-refractivity contribution >= 4 is 11.6 Å². The summed E-state index contributed by atoms with van der Waals surface area (Å²) in [5, 5.41) is 31.7. The van der Waals surface area contributed by atoms with Gasteiger partial charge in [-0.05, 0) is 31.9 Å². The van der Waals surface area contributed by atoms with E-state index >= 15 is 0 Å². The predicted molar refractivity (Wildman–Crippen MR) is 143 cm³/mol. The van der Waals surface area contributed by atoms with Crippen LogP contribution in [0.2, 0.25) is 0 Å². The minimum atomic E-state index is -0.881. The second-order valence-electron chi connectivity index (χ2n) is 10.6. The molecule has 3 atom stereocenters. The molecule has 38 heavy (non-hydrogen) atoms. The minimum absolute atomic E-state index is 0.159. The fourth-order valence-corrected chi connectivity index (χ4v) is 4.62. The second kappa shape index (κ2) is 12.5. The van der Waals surface area contributed by atoms with E-state index in [9.17, 15) is 29.9 Å². The SMILES string of the molecule is Cc1cn([C@H]2C[C@H](O)[C@@H](CO)O2)c(=O)n(CCCCCCNC(=O)c2ccc([N+](C)(C)C)c(C#N)c2)c1=O. The Balaban J connectivity index is 1.49. The summed E-state index contributed by atoms with van der Waals surface area (Å²) in [5.74, 6) is -0.232. The molecule has 0 bridgehead atoms. The maximum Gasteiger partial charge on any atom is 0.333 e. The first-order valence-corrected chi connectivity index (χ1v) is 12.9. The van der Waals surface area contributed by atoms with E-state index in [1.165, 1.54) is 15.3 Å². The number of carbonyl (C=O) groups excluding carboxylic acids is 1. The van der Waals surface area contributed by atoms with Crippen LogP contribution in [0.15, 0.2) is 34.0 Å². The Morgan fingerprint density at radius 3 is 2.55 bits per heavy atom. The molecular formula is C27H38N5O6+. The van der Waals surface area contributed by atoms with Crippen LogP contribution in [-0.2, 0) is 11.3 Å². The number of benzene rings is 1. The molecule has 0 saturated carbocycles. The normalized spacial score (nSPS) is 19.3. The molecule has 3 rings (SSSR count). The van der Waals surface area contributed by atoms with E-state index < -0.39 is 24.1 Å². The summed E-state index contributed by atoms with van der Waals surface area (Å²) < 4.78 is 8.57. The molecule has 1 aliphatic heterocycles. The molecule has 11 heteroatoms. The summed E-state index contributed by atoms with van der Waals surface area (Å²) in [4.78, 5) is 38.1.